The van der Waals surface area contributed by atoms with Crippen LogP contribution < -0.4 is 4.74 Å². The zero-order valence-electron chi connectivity index (χ0n) is 13.6. The largest absolute Gasteiger partial charge is 0.494 e. The van der Waals surface area contributed by atoms with Crippen molar-refractivity contribution in [3.63, 3.8) is 0 Å². The van der Waals surface area contributed by atoms with Gasteiger partial charge in [0.15, 0.2) is 11.6 Å². The molecule has 1 aliphatic heterocycles. The van der Waals surface area contributed by atoms with Crippen LogP contribution in [-0.2, 0) is 11.2 Å². The van der Waals surface area contributed by atoms with Gasteiger partial charge in [0, 0.05) is 19.5 Å². The van der Waals surface area contributed by atoms with E-state index in [0.717, 1.165) is 44.3 Å². The molecule has 1 aromatic rings. The highest BCUT2D eigenvalue weighted by atomic mass is 19.1. The van der Waals surface area contributed by atoms with Crippen LogP contribution in [0.5, 0.6) is 5.75 Å². The monoisotopic (exact) mass is 317 g/mol. The summed E-state index contributed by atoms with van der Waals surface area (Å²) in [6, 6.07) is 5.01. The van der Waals surface area contributed by atoms with Crippen LogP contribution in [0.15, 0.2) is 30.4 Å². The number of halogens is 1. The van der Waals surface area contributed by atoms with Crippen LogP contribution >= 0.6 is 0 Å². The topological polar surface area (TPSA) is 29.5 Å². The van der Waals surface area contributed by atoms with Crippen molar-refractivity contribution in [2.24, 2.45) is 11.8 Å². The third-order valence-electron chi connectivity index (χ3n) is 5.05. The number of methoxy groups -OCH3 is 1. The number of nitrogens with zero attached hydrogens (tertiary/aromatic N) is 1. The molecular weight excluding hydrogens is 293 g/mol. The Hall–Kier alpha value is -1.84. The van der Waals surface area contributed by atoms with Gasteiger partial charge in [-0.05, 0) is 55.2 Å². The van der Waals surface area contributed by atoms with E-state index in [1.165, 1.54) is 13.2 Å². The number of hydrogen-bond acceptors (Lipinski definition) is 2. The van der Waals surface area contributed by atoms with Crippen molar-refractivity contribution in [3.8, 4) is 5.75 Å². The smallest absolute Gasteiger partial charge is 0.222 e. The maximum absolute atomic E-state index is 13.6. The van der Waals surface area contributed by atoms with Crippen molar-refractivity contribution in [1.29, 1.82) is 0 Å². The number of carbonyl (C=O) groups excluding carboxylic acids is 1. The van der Waals surface area contributed by atoms with E-state index in [0.29, 0.717) is 18.3 Å². The van der Waals surface area contributed by atoms with Crippen LogP contribution in [0.2, 0.25) is 0 Å². The van der Waals surface area contributed by atoms with E-state index in [2.05, 4.69) is 12.2 Å². The number of allylic oxidation sites excluding steroid dienone is 2. The fraction of sp³-hybridized carbons (Fsp3) is 0.526. The van der Waals surface area contributed by atoms with Crippen molar-refractivity contribution >= 4 is 5.91 Å². The van der Waals surface area contributed by atoms with Crippen molar-refractivity contribution in [2.45, 2.75) is 32.1 Å². The van der Waals surface area contributed by atoms with Crippen LogP contribution in [0, 0.1) is 17.7 Å². The van der Waals surface area contributed by atoms with Crippen molar-refractivity contribution < 1.29 is 13.9 Å². The summed E-state index contributed by atoms with van der Waals surface area (Å²) in [7, 11) is 1.46. The molecule has 0 N–H and O–H groups in total. The molecule has 23 heavy (non-hydrogen) atoms. The predicted octanol–water partition coefficient (Wildman–Crippen LogP) is 3.58. The number of amides is 1. The molecule has 1 saturated heterocycles. The Morgan fingerprint density at radius 1 is 1.26 bits per heavy atom. The minimum Gasteiger partial charge on any atom is -0.494 e. The maximum atomic E-state index is 13.6. The molecule has 3 nitrogen and oxygen atoms in total. The molecule has 2 atom stereocenters. The molecule has 0 radical (unpaired) electrons. The quantitative estimate of drug-likeness (QED) is 0.777. The molecule has 2 aliphatic rings. The second-order valence-electron chi connectivity index (χ2n) is 6.58. The number of aryl methyl sites for hydroxylation is 1. The summed E-state index contributed by atoms with van der Waals surface area (Å²) in [6.07, 6.45) is 8.73. The molecule has 0 saturated carbocycles. The van der Waals surface area contributed by atoms with E-state index < -0.39 is 0 Å². The van der Waals surface area contributed by atoms with Gasteiger partial charge >= 0.3 is 0 Å². The number of fused-ring (bicyclic) bond motifs is 1. The normalized spacial score (nSPS) is 23.0. The molecule has 0 bridgehead atoms. The molecule has 1 aromatic carbocycles. The fourth-order valence-electron chi connectivity index (χ4n) is 3.69. The number of hydrogen-bond donors (Lipinski definition) is 0. The van der Waals surface area contributed by atoms with Crippen molar-refractivity contribution in [1.82, 2.24) is 4.90 Å². The first-order valence-electron chi connectivity index (χ1n) is 8.42. The van der Waals surface area contributed by atoms with Gasteiger partial charge in [0.2, 0.25) is 5.91 Å². The summed E-state index contributed by atoms with van der Waals surface area (Å²) in [5.41, 5.74) is 0.912. The van der Waals surface area contributed by atoms with Crippen LogP contribution in [-0.4, -0.2) is 31.0 Å². The lowest BCUT2D eigenvalue weighted by Gasteiger charge is -2.17. The van der Waals surface area contributed by atoms with Gasteiger partial charge in [-0.2, -0.15) is 0 Å². The molecule has 4 heteroatoms. The Kier molecular flexibility index (Phi) is 4.99. The lowest BCUT2D eigenvalue weighted by molar-refractivity contribution is -0.130. The van der Waals surface area contributed by atoms with Gasteiger partial charge in [-0.15, -0.1) is 0 Å². The van der Waals surface area contributed by atoms with Crippen molar-refractivity contribution in [3.05, 3.63) is 41.7 Å². The molecule has 0 spiro atoms. The molecule has 0 unspecified atom stereocenters. The summed E-state index contributed by atoms with van der Waals surface area (Å²) in [5.74, 6) is 1.47. The number of benzene rings is 1. The second-order valence-corrected chi connectivity index (χ2v) is 6.58. The van der Waals surface area contributed by atoms with E-state index in [4.69, 9.17) is 4.74 Å². The average molecular weight is 317 g/mol. The van der Waals surface area contributed by atoms with Gasteiger partial charge in [0.1, 0.15) is 0 Å². The van der Waals surface area contributed by atoms with E-state index in [-0.39, 0.29) is 17.5 Å². The molecular formula is C19H24FNO2. The average Bonchev–Trinajstić information content (AvgIpc) is 2.99. The number of likely N-dealkylation sites (tertiary alicyclic amines) is 1. The third-order valence-corrected chi connectivity index (χ3v) is 5.05. The van der Waals surface area contributed by atoms with Crippen molar-refractivity contribution in [2.75, 3.05) is 20.2 Å². The Bertz CT molecular complexity index is 583. The summed E-state index contributed by atoms with van der Waals surface area (Å²) >= 11 is 0. The Morgan fingerprint density at radius 2 is 1.96 bits per heavy atom. The highest BCUT2D eigenvalue weighted by Crippen LogP contribution is 2.33. The summed E-state index contributed by atoms with van der Waals surface area (Å²) < 4.78 is 18.6. The molecule has 1 fully saturated rings. The minimum atomic E-state index is -0.340. The highest BCUT2D eigenvalue weighted by Gasteiger charge is 2.34. The molecule has 124 valence electrons. The van der Waals surface area contributed by atoms with Crippen LogP contribution in [0.1, 0.15) is 31.2 Å². The number of ether oxygens (including phenoxy) is 1. The zero-order chi connectivity index (χ0) is 16.2. The summed E-state index contributed by atoms with van der Waals surface area (Å²) in [4.78, 5) is 14.4. The van der Waals surface area contributed by atoms with E-state index in [1.54, 1.807) is 6.07 Å². The highest BCUT2D eigenvalue weighted by molar-refractivity contribution is 5.76. The zero-order valence-corrected chi connectivity index (χ0v) is 13.6. The number of carbonyl (C=O) groups is 1. The lowest BCUT2D eigenvalue weighted by atomic mass is 9.86. The minimum absolute atomic E-state index is 0.244. The van der Waals surface area contributed by atoms with Gasteiger partial charge in [-0.1, -0.05) is 18.2 Å². The molecule has 3 rings (SSSR count). The van der Waals surface area contributed by atoms with Crippen LogP contribution in [0.3, 0.4) is 0 Å². The van der Waals surface area contributed by atoms with Crippen LogP contribution in [0.4, 0.5) is 4.39 Å². The SMILES string of the molecule is COc1ccc(CCCC(=O)N2C[C@H]3CC=CC[C@H]3C2)cc1F. The molecule has 1 heterocycles. The molecule has 0 aromatic heterocycles. The van der Waals surface area contributed by atoms with Crippen LogP contribution in [0.25, 0.3) is 0 Å². The summed E-state index contributed by atoms with van der Waals surface area (Å²) in [5, 5.41) is 0. The van der Waals surface area contributed by atoms with Gasteiger partial charge in [-0.3, -0.25) is 4.79 Å². The summed E-state index contributed by atoms with van der Waals surface area (Å²) in [6.45, 7) is 1.82. The Morgan fingerprint density at radius 3 is 2.57 bits per heavy atom. The van der Waals surface area contributed by atoms with E-state index in [1.807, 2.05) is 11.0 Å². The molecule has 1 aliphatic carbocycles. The predicted molar refractivity (Wildman–Crippen MR) is 87.8 cm³/mol. The third kappa shape index (κ3) is 3.74. The van der Waals surface area contributed by atoms with Gasteiger partial charge in [0.25, 0.3) is 0 Å². The second kappa shape index (κ2) is 7.16. The maximum Gasteiger partial charge on any atom is 0.222 e. The fourth-order valence-corrected chi connectivity index (χ4v) is 3.69. The number of rotatable bonds is 5. The first-order chi connectivity index (χ1) is 11.2. The lowest BCUT2D eigenvalue weighted by Crippen LogP contribution is -2.28. The standard InChI is InChI=1S/C19H24FNO2/c1-23-18-10-9-14(11-17(18)20)5-4-8-19(22)21-12-15-6-2-3-7-16(15)13-21/h2-3,9-11,15-16H,4-8,12-13H2,1H3/t15-,16+. The Labute approximate surface area is 137 Å². The van der Waals surface area contributed by atoms with Gasteiger partial charge < -0.3 is 9.64 Å². The van der Waals surface area contributed by atoms with Gasteiger partial charge in [0.05, 0.1) is 7.11 Å². The first kappa shape index (κ1) is 16.0. The van der Waals surface area contributed by atoms with Gasteiger partial charge in [-0.25, -0.2) is 4.39 Å². The van der Waals surface area contributed by atoms with E-state index in [9.17, 15) is 9.18 Å². The molecule has 1 amide bonds. The first-order valence-corrected chi connectivity index (χ1v) is 8.42. The Balaban J connectivity index is 1.45. The van der Waals surface area contributed by atoms with E-state index >= 15 is 0 Å².